The lowest BCUT2D eigenvalue weighted by atomic mass is 10.0. The molecule has 0 fully saturated rings. The first-order valence-corrected chi connectivity index (χ1v) is 10.4. The Hall–Kier alpha value is -2.77. The zero-order valence-corrected chi connectivity index (χ0v) is 17.6. The summed E-state index contributed by atoms with van der Waals surface area (Å²) >= 11 is 7.28. The molecule has 2 N–H and O–H groups in total. The lowest BCUT2D eigenvalue weighted by molar-refractivity contribution is -0.119. The molecular weight excluding hydrogens is 408 g/mol. The number of nitrogens with one attached hydrogen (secondary N) is 2. The van der Waals surface area contributed by atoms with Crippen LogP contribution in [0.5, 0.6) is 0 Å². The number of thioether (sulfide) groups is 1. The maximum Gasteiger partial charge on any atom is 0.271 e. The Labute approximate surface area is 178 Å². The Morgan fingerprint density at radius 2 is 1.83 bits per heavy atom. The highest BCUT2D eigenvalue weighted by Gasteiger charge is 2.14. The molecule has 0 saturated heterocycles. The number of amides is 2. The molecule has 0 aliphatic carbocycles. The Balaban J connectivity index is 1.60. The van der Waals surface area contributed by atoms with Gasteiger partial charge in [0.15, 0.2) is 5.16 Å². The molecule has 0 atom stereocenters. The molecule has 3 aromatic rings. The van der Waals surface area contributed by atoms with Crippen LogP contribution in [0.3, 0.4) is 0 Å². The summed E-state index contributed by atoms with van der Waals surface area (Å²) < 4.78 is 1.97. The fourth-order valence-electron chi connectivity index (χ4n) is 2.78. The summed E-state index contributed by atoms with van der Waals surface area (Å²) in [5.41, 5.74) is 7.31. The molecule has 0 saturated carbocycles. The Kier molecular flexibility index (Phi) is 6.95. The number of nitrogens with zero attached hydrogens (tertiary/aromatic N) is 2. The summed E-state index contributed by atoms with van der Waals surface area (Å²) in [7, 11) is 0. The van der Waals surface area contributed by atoms with E-state index in [1.165, 1.54) is 17.3 Å². The highest BCUT2D eigenvalue weighted by atomic mass is 35.5. The van der Waals surface area contributed by atoms with Gasteiger partial charge in [0, 0.05) is 12.4 Å². The molecule has 0 spiro atoms. The van der Waals surface area contributed by atoms with Crippen molar-refractivity contribution in [3.05, 3.63) is 77.1 Å². The minimum atomic E-state index is -0.471. The van der Waals surface area contributed by atoms with Crippen molar-refractivity contribution in [3.8, 4) is 5.69 Å². The smallest absolute Gasteiger partial charge is 0.271 e. The fraction of sp³-hybridized carbons (Fsp3) is 0.190. The minimum Gasteiger partial charge on any atom is -0.295 e. The van der Waals surface area contributed by atoms with Crippen LogP contribution in [0.2, 0.25) is 5.02 Å². The van der Waals surface area contributed by atoms with Crippen LogP contribution >= 0.6 is 23.4 Å². The Morgan fingerprint density at radius 3 is 2.59 bits per heavy atom. The molecule has 0 aliphatic heterocycles. The van der Waals surface area contributed by atoms with Gasteiger partial charge in [-0.3, -0.25) is 25.0 Å². The zero-order chi connectivity index (χ0) is 20.8. The van der Waals surface area contributed by atoms with E-state index in [1.54, 1.807) is 30.5 Å². The van der Waals surface area contributed by atoms with Gasteiger partial charge in [0.25, 0.3) is 5.91 Å². The number of hydrazine groups is 1. The topological polar surface area (TPSA) is 76.0 Å². The molecular formula is C21H21ClN4O2S. The Bertz CT molecular complexity index is 1020. The van der Waals surface area contributed by atoms with Crippen LogP contribution in [0.4, 0.5) is 0 Å². The molecule has 0 unspecified atom stereocenters. The second-order valence-electron chi connectivity index (χ2n) is 6.56. The van der Waals surface area contributed by atoms with Gasteiger partial charge in [-0.25, -0.2) is 4.98 Å². The van der Waals surface area contributed by atoms with Crippen LogP contribution in [0.25, 0.3) is 5.69 Å². The van der Waals surface area contributed by atoms with Crippen molar-refractivity contribution < 1.29 is 9.59 Å². The quantitative estimate of drug-likeness (QED) is 0.455. The van der Waals surface area contributed by atoms with Crippen LogP contribution in [-0.2, 0) is 4.79 Å². The number of para-hydroxylation sites is 1. The summed E-state index contributed by atoms with van der Waals surface area (Å²) in [4.78, 5) is 28.6. The van der Waals surface area contributed by atoms with E-state index in [2.05, 4.69) is 35.7 Å². The van der Waals surface area contributed by atoms with Crippen molar-refractivity contribution in [3.63, 3.8) is 0 Å². The number of halogens is 1. The van der Waals surface area contributed by atoms with Gasteiger partial charge in [-0.1, -0.05) is 67.5 Å². The summed E-state index contributed by atoms with van der Waals surface area (Å²) in [6, 6.07) is 14.7. The monoisotopic (exact) mass is 428 g/mol. The molecule has 29 heavy (non-hydrogen) atoms. The molecule has 1 heterocycles. The predicted octanol–water partition coefficient (Wildman–Crippen LogP) is 4.20. The van der Waals surface area contributed by atoms with Gasteiger partial charge < -0.3 is 0 Å². The lowest BCUT2D eigenvalue weighted by Gasteiger charge is -2.15. The molecule has 6 nitrogen and oxygen atoms in total. The second kappa shape index (κ2) is 9.62. The normalized spacial score (nSPS) is 10.8. The van der Waals surface area contributed by atoms with Crippen LogP contribution in [0.1, 0.15) is 35.7 Å². The molecule has 0 bridgehead atoms. The average Bonchev–Trinajstić information content (AvgIpc) is 3.19. The van der Waals surface area contributed by atoms with Gasteiger partial charge in [-0.05, 0) is 29.7 Å². The summed E-state index contributed by atoms with van der Waals surface area (Å²) in [5, 5.41) is 1.02. The fourth-order valence-corrected chi connectivity index (χ4v) is 3.77. The first-order valence-electron chi connectivity index (χ1n) is 9.06. The third-order valence-corrected chi connectivity index (χ3v) is 5.49. The summed E-state index contributed by atoms with van der Waals surface area (Å²) in [6.45, 7) is 4.27. The third kappa shape index (κ3) is 5.19. The van der Waals surface area contributed by atoms with E-state index >= 15 is 0 Å². The van der Waals surface area contributed by atoms with Crippen molar-refractivity contribution in [2.45, 2.75) is 24.9 Å². The van der Waals surface area contributed by atoms with Gasteiger partial charge in [-0.2, -0.15) is 0 Å². The van der Waals surface area contributed by atoms with E-state index < -0.39 is 5.91 Å². The van der Waals surface area contributed by atoms with Gasteiger partial charge in [-0.15, -0.1) is 0 Å². The molecule has 8 heteroatoms. The first kappa shape index (κ1) is 21.0. The predicted molar refractivity (Wildman–Crippen MR) is 115 cm³/mol. The number of rotatable bonds is 6. The molecule has 0 aliphatic rings. The largest absolute Gasteiger partial charge is 0.295 e. The van der Waals surface area contributed by atoms with Gasteiger partial charge in [0.05, 0.1) is 22.0 Å². The van der Waals surface area contributed by atoms with E-state index in [4.69, 9.17) is 11.6 Å². The lowest BCUT2D eigenvalue weighted by Crippen LogP contribution is -2.42. The number of carbonyl (C=O) groups excluding carboxylic acids is 2. The third-order valence-electron chi connectivity index (χ3n) is 4.19. The van der Waals surface area contributed by atoms with Gasteiger partial charge in [0.1, 0.15) is 0 Å². The van der Waals surface area contributed by atoms with E-state index in [9.17, 15) is 9.59 Å². The molecule has 1 aromatic heterocycles. The molecule has 2 aromatic carbocycles. The average molecular weight is 429 g/mol. The standard InChI is InChI=1S/C21H21ClN4O2S/c1-14(2)15-7-4-6-10-18(15)26-12-11-23-21(26)29-13-19(27)24-25-20(28)16-8-3-5-9-17(16)22/h3-12,14H,13H2,1-2H3,(H,24,27)(H,25,28). The second-order valence-corrected chi connectivity index (χ2v) is 7.91. The number of benzene rings is 2. The SMILES string of the molecule is CC(C)c1ccccc1-n1ccnc1SCC(=O)NNC(=O)c1ccccc1Cl. The number of imidazole rings is 1. The number of carbonyl (C=O) groups is 2. The van der Waals surface area contributed by atoms with E-state index in [-0.39, 0.29) is 11.7 Å². The highest BCUT2D eigenvalue weighted by Crippen LogP contribution is 2.27. The molecule has 3 rings (SSSR count). The van der Waals surface area contributed by atoms with E-state index in [1.807, 2.05) is 29.0 Å². The molecule has 2 amide bonds. The van der Waals surface area contributed by atoms with Crippen molar-refractivity contribution in [2.24, 2.45) is 0 Å². The number of hydrogen-bond donors (Lipinski definition) is 2. The van der Waals surface area contributed by atoms with Crippen LogP contribution in [0.15, 0.2) is 66.1 Å². The van der Waals surface area contributed by atoms with E-state index in [0.717, 1.165) is 5.69 Å². The van der Waals surface area contributed by atoms with Crippen molar-refractivity contribution in [1.82, 2.24) is 20.4 Å². The molecule has 150 valence electrons. The maximum atomic E-state index is 12.2. The number of hydrogen-bond acceptors (Lipinski definition) is 4. The van der Waals surface area contributed by atoms with E-state index in [0.29, 0.717) is 21.7 Å². The maximum absolute atomic E-state index is 12.2. The van der Waals surface area contributed by atoms with Gasteiger partial charge in [0.2, 0.25) is 5.91 Å². The summed E-state index contributed by atoms with van der Waals surface area (Å²) in [5.74, 6) is -0.359. The Morgan fingerprint density at radius 1 is 1.10 bits per heavy atom. The number of aromatic nitrogens is 2. The highest BCUT2D eigenvalue weighted by molar-refractivity contribution is 7.99. The molecule has 0 radical (unpaired) electrons. The summed E-state index contributed by atoms with van der Waals surface area (Å²) in [6.07, 6.45) is 3.58. The minimum absolute atomic E-state index is 0.101. The first-order chi connectivity index (χ1) is 14.0. The van der Waals surface area contributed by atoms with Crippen LogP contribution in [0, 0.1) is 0 Å². The van der Waals surface area contributed by atoms with Gasteiger partial charge >= 0.3 is 0 Å². The van der Waals surface area contributed by atoms with Crippen molar-refractivity contribution in [2.75, 3.05) is 5.75 Å². The zero-order valence-electron chi connectivity index (χ0n) is 16.1. The van der Waals surface area contributed by atoms with Crippen LogP contribution < -0.4 is 10.9 Å². The van der Waals surface area contributed by atoms with Crippen LogP contribution in [-0.4, -0.2) is 27.1 Å². The van der Waals surface area contributed by atoms with Crippen molar-refractivity contribution >= 4 is 35.2 Å². The van der Waals surface area contributed by atoms with Crippen molar-refractivity contribution in [1.29, 1.82) is 0 Å².